The van der Waals surface area contributed by atoms with Crippen LogP contribution in [0.4, 0.5) is 4.39 Å². The normalized spacial score (nSPS) is 19.2. The zero-order valence-corrected chi connectivity index (χ0v) is 20.3. The molecule has 36 heavy (non-hydrogen) atoms. The maximum atomic E-state index is 14.3. The Hall–Kier alpha value is -3.63. The summed E-state index contributed by atoms with van der Waals surface area (Å²) in [5, 5.41) is 8.58. The highest BCUT2D eigenvalue weighted by Crippen LogP contribution is 2.34. The van der Waals surface area contributed by atoms with Gasteiger partial charge in [-0.05, 0) is 49.8 Å². The van der Waals surface area contributed by atoms with Crippen LogP contribution in [0.2, 0.25) is 0 Å². The smallest absolute Gasteiger partial charge is 0.328 e. The zero-order chi connectivity index (χ0) is 25.8. The Morgan fingerprint density at radius 1 is 1.11 bits per heavy atom. The monoisotopic (exact) mass is 502 g/mol. The summed E-state index contributed by atoms with van der Waals surface area (Å²) in [6.07, 6.45) is 3.78. The van der Waals surface area contributed by atoms with Gasteiger partial charge in [-0.3, -0.25) is 14.4 Å². The fourth-order valence-corrected chi connectivity index (χ4v) is 4.59. The van der Waals surface area contributed by atoms with E-state index >= 15 is 0 Å². The molecule has 1 aliphatic heterocycles. The van der Waals surface area contributed by atoms with Gasteiger partial charge in [0, 0.05) is 17.8 Å². The van der Waals surface area contributed by atoms with Crippen molar-refractivity contribution in [2.45, 2.75) is 50.6 Å². The number of aromatic amines is 1. The van der Waals surface area contributed by atoms with Gasteiger partial charge in [-0.2, -0.15) is 0 Å². The van der Waals surface area contributed by atoms with Crippen molar-refractivity contribution in [2.75, 3.05) is 20.8 Å². The molecule has 3 atom stereocenters. The summed E-state index contributed by atoms with van der Waals surface area (Å²) in [5.74, 6) is -2.22. The maximum absolute atomic E-state index is 14.3. The van der Waals surface area contributed by atoms with Gasteiger partial charge in [-0.25, -0.2) is 9.18 Å². The number of benzene rings is 1. The average Bonchev–Trinajstić information content (AvgIpc) is 3.57. The summed E-state index contributed by atoms with van der Waals surface area (Å²) in [7, 11) is 2.67. The SMILES string of the molecule is COC(=O)[C@H](C[C@@H]1CCCNC1=O)NC(=O)[C@H](CC1CC1)NC(=O)c1cc2c(OC)ccc(F)c2[nH]1. The molecule has 1 saturated carbocycles. The van der Waals surface area contributed by atoms with Crippen molar-refractivity contribution in [1.82, 2.24) is 20.9 Å². The highest BCUT2D eigenvalue weighted by atomic mass is 19.1. The summed E-state index contributed by atoms with van der Waals surface area (Å²) in [4.78, 5) is 53.6. The first-order valence-electron chi connectivity index (χ1n) is 12.1. The van der Waals surface area contributed by atoms with E-state index in [0.717, 1.165) is 19.3 Å². The molecule has 4 N–H and O–H groups in total. The van der Waals surface area contributed by atoms with Gasteiger partial charge in [-0.15, -0.1) is 0 Å². The molecule has 10 nitrogen and oxygen atoms in total. The molecular weight excluding hydrogens is 471 g/mol. The molecule has 2 aromatic rings. The Bertz CT molecular complexity index is 1160. The van der Waals surface area contributed by atoms with Crippen LogP contribution in [0, 0.1) is 17.7 Å². The molecule has 0 radical (unpaired) electrons. The molecule has 0 bridgehead atoms. The summed E-state index contributed by atoms with van der Waals surface area (Å²) in [6, 6.07) is 2.23. The number of fused-ring (bicyclic) bond motifs is 1. The van der Waals surface area contributed by atoms with Crippen LogP contribution in [0.25, 0.3) is 10.9 Å². The van der Waals surface area contributed by atoms with Crippen molar-refractivity contribution in [3.8, 4) is 5.75 Å². The number of rotatable bonds is 10. The van der Waals surface area contributed by atoms with Gasteiger partial charge in [0.05, 0.1) is 19.7 Å². The number of carbonyl (C=O) groups is 4. The van der Waals surface area contributed by atoms with Crippen molar-refractivity contribution in [3.63, 3.8) is 0 Å². The number of aromatic nitrogens is 1. The van der Waals surface area contributed by atoms with Crippen LogP contribution in [0.15, 0.2) is 18.2 Å². The number of ether oxygens (including phenoxy) is 2. The van der Waals surface area contributed by atoms with Crippen LogP contribution in [0.1, 0.15) is 49.0 Å². The minimum Gasteiger partial charge on any atom is -0.496 e. The van der Waals surface area contributed by atoms with Gasteiger partial charge in [0.25, 0.3) is 5.91 Å². The van der Waals surface area contributed by atoms with Crippen molar-refractivity contribution in [1.29, 1.82) is 0 Å². The molecule has 1 saturated heterocycles. The van der Waals surface area contributed by atoms with E-state index in [2.05, 4.69) is 20.9 Å². The van der Waals surface area contributed by atoms with Gasteiger partial charge in [0.2, 0.25) is 11.8 Å². The Morgan fingerprint density at radius 3 is 2.56 bits per heavy atom. The minimum atomic E-state index is -1.03. The molecular formula is C25H31FN4O6. The molecule has 1 aromatic carbocycles. The summed E-state index contributed by atoms with van der Waals surface area (Å²) >= 11 is 0. The molecule has 2 fully saturated rings. The number of methoxy groups -OCH3 is 2. The van der Waals surface area contributed by atoms with Crippen LogP contribution < -0.4 is 20.7 Å². The lowest BCUT2D eigenvalue weighted by atomic mass is 9.91. The van der Waals surface area contributed by atoms with Crippen LogP contribution in [0.3, 0.4) is 0 Å². The molecule has 194 valence electrons. The Morgan fingerprint density at radius 2 is 1.89 bits per heavy atom. The Kier molecular flexibility index (Phi) is 7.76. The van der Waals surface area contributed by atoms with E-state index < -0.39 is 41.6 Å². The van der Waals surface area contributed by atoms with Crippen LogP contribution in [0.5, 0.6) is 5.75 Å². The first-order chi connectivity index (χ1) is 17.3. The topological polar surface area (TPSA) is 139 Å². The number of hydrogen-bond donors (Lipinski definition) is 4. The molecule has 1 aliphatic carbocycles. The van der Waals surface area contributed by atoms with Crippen LogP contribution >= 0.6 is 0 Å². The lowest BCUT2D eigenvalue weighted by molar-refractivity contribution is -0.146. The van der Waals surface area contributed by atoms with E-state index in [1.807, 2.05) is 0 Å². The van der Waals surface area contributed by atoms with Gasteiger partial charge in [-0.1, -0.05) is 12.8 Å². The van der Waals surface area contributed by atoms with E-state index in [1.54, 1.807) is 0 Å². The number of piperidine rings is 1. The number of halogens is 1. The molecule has 11 heteroatoms. The number of nitrogens with one attached hydrogen (secondary N) is 4. The molecule has 1 aromatic heterocycles. The highest BCUT2D eigenvalue weighted by Gasteiger charge is 2.35. The first kappa shape index (κ1) is 25.5. The lowest BCUT2D eigenvalue weighted by Gasteiger charge is -2.27. The van der Waals surface area contributed by atoms with E-state index in [9.17, 15) is 23.6 Å². The van der Waals surface area contributed by atoms with Crippen LogP contribution in [-0.2, 0) is 19.1 Å². The predicted octanol–water partition coefficient (Wildman–Crippen LogP) is 1.79. The maximum Gasteiger partial charge on any atom is 0.328 e. The summed E-state index contributed by atoms with van der Waals surface area (Å²) < 4.78 is 24.4. The minimum absolute atomic E-state index is 0.0744. The molecule has 2 aliphatic rings. The Balaban J connectivity index is 1.49. The number of hydrogen-bond acceptors (Lipinski definition) is 6. The van der Waals surface area contributed by atoms with Crippen molar-refractivity contribution in [2.24, 2.45) is 11.8 Å². The number of esters is 1. The van der Waals surface area contributed by atoms with Crippen molar-refractivity contribution < 1.29 is 33.0 Å². The van der Waals surface area contributed by atoms with Gasteiger partial charge in [0.15, 0.2) is 0 Å². The highest BCUT2D eigenvalue weighted by molar-refractivity contribution is 6.02. The third-order valence-corrected chi connectivity index (χ3v) is 6.78. The number of amides is 3. The van der Waals surface area contributed by atoms with Gasteiger partial charge < -0.3 is 30.4 Å². The second kappa shape index (κ2) is 11.0. The second-order valence-electron chi connectivity index (χ2n) is 9.38. The molecule has 4 rings (SSSR count). The lowest BCUT2D eigenvalue weighted by Crippen LogP contribution is -2.53. The first-order valence-corrected chi connectivity index (χ1v) is 12.1. The number of H-pyrrole nitrogens is 1. The second-order valence-corrected chi connectivity index (χ2v) is 9.38. The van der Waals surface area contributed by atoms with Crippen LogP contribution in [-0.4, -0.2) is 61.5 Å². The molecule has 3 amide bonds. The van der Waals surface area contributed by atoms with Crippen molar-refractivity contribution in [3.05, 3.63) is 29.7 Å². The fraction of sp³-hybridized carbons (Fsp3) is 0.520. The largest absolute Gasteiger partial charge is 0.496 e. The van der Waals surface area contributed by atoms with E-state index in [1.165, 1.54) is 32.4 Å². The van der Waals surface area contributed by atoms with Crippen molar-refractivity contribution >= 4 is 34.6 Å². The molecule has 0 unspecified atom stereocenters. The third kappa shape index (κ3) is 5.77. The fourth-order valence-electron chi connectivity index (χ4n) is 4.59. The molecule has 0 spiro atoms. The quantitative estimate of drug-likeness (QED) is 0.366. The third-order valence-electron chi connectivity index (χ3n) is 6.78. The Labute approximate surface area is 207 Å². The summed E-state index contributed by atoms with van der Waals surface area (Å²) in [5.41, 5.74) is 0.199. The van der Waals surface area contributed by atoms with E-state index in [0.29, 0.717) is 30.5 Å². The molecule has 2 heterocycles. The summed E-state index contributed by atoms with van der Waals surface area (Å²) in [6.45, 7) is 0.587. The van der Waals surface area contributed by atoms with Gasteiger partial charge in [0.1, 0.15) is 29.3 Å². The average molecular weight is 503 g/mol. The zero-order valence-electron chi connectivity index (χ0n) is 20.3. The van der Waals surface area contributed by atoms with E-state index in [4.69, 9.17) is 9.47 Å². The predicted molar refractivity (Wildman–Crippen MR) is 128 cm³/mol. The van der Waals surface area contributed by atoms with Gasteiger partial charge >= 0.3 is 5.97 Å². The standard InChI is InChI=1S/C25H31FN4O6/c1-35-20-8-7-16(26)21-15(20)12-18(28-21)24(33)29-17(10-13-5-6-13)23(32)30-19(25(34)36-2)11-14-4-3-9-27-22(14)31/h7-8,12-14,17,19,28H,3-6,9-11H2,1-2H3,(H,27,31)(H,29,33)(H,30,32)/t14-,17-,19-/m0/s1. The van der Waals surface area contributed by atoms with E-state index in [-0.39, 0.29) is 29.5 Å². The number of carbonyl (C=O) groups excluding carboxylic acids is 4.